The van der Waals surface area contributed by atoms with E-state index < -0.39 is 17.9 Å². The van der Waals surface area contributed by atoms with Gasteiger partial charge in [-0.2, -0.15) is 0 Å². The van der Waals surface area contributed by atoms with Crippen molar-refractivity contribution in [3.05, 3.63) is 182 Å². The number of hydrogen-bond donors (Lipinski definition) is 3. The van der Waals surface area contributed by atoms with Crippen molar-refractivity contribution >= 4 is 17.9 Å². The van der Waals surface area contributed by atoms with E-state index in [2.05, 4.69) is 191 Å². The molecule has 0 heterocycles. The summed E-state index contributed by atoms with van der Waals surface area (Å²) in [5.41, 5.74) is 0. The van der Waals surface area contributed by atoms with Gasteiger partial charge in [0.2, 0.25) is 0 Å². The number of carboxylic acids is 3. The van der Waals surface area contributed by atoms with E-state index in [4.69, 9.17) is 15.3 Å². The van der Waals surface area contributed by atoms with Crippen molar-refractivity contribution in [2.45, 2.75) is 181 Å². The smallest absolute Gasteiger partial charge is 0.303 e. The van der Waals surface area contributed by atoms with Crippen molar-refractivity contribution in [3.63, 3.8) is 0 Å². The van der Waals surface area contributed by atoms with E-state index in [1.807, 2.05) is 12.2 Å². The lowest BCUT2D eigenvalue weighted by atomic mass is 10.1. The molecule has 0 saturated carbocycles. The predicted molar refractivity (Wildman–Crippen MR) is 292 cm³/mol. The van der Waals surface area contributed by atoms with Crippen LogP contribution in [0.4, 0.5) is 0 Å². The summed E-state index contributed by atoms with van der Waals surface area (Å²) < 4.78 is 0. The highest BCUT2D eigenvalue weighted by Crippen LogP contribution is 2.05. The third kappa shape index (κ3) is 75.1. The summed E-state index contributed by atoms with van der Waals surface area (Å²) in [4.78, 5) is 30.9. The van der Waals surface area contributed by atoms with E-state index in [9.17, 15) is 14.4 Å². The molecule has 0 aromatic heterocycles. The number of rotatable bonds is 40. The van der Waals surface area contributed by atoms with Gasteiger partial charge in [-0.25, -0.2) is 0 Å². The maximum Gasteiger partial charge on any atom is 0.303 e. The summed E-state index contributed by atoms with van der Waals surface area (Å²) in [6.07, 6.45) is 86.8. The van der Waals surface area contributed by atoms with Gasteiger partial charge in [-0.05, 0) is 135 Å². The number of hydrogen-bond acceptors (Lipinski definition) is 3. The molecule has 6 heteroatoms. The summed E-state index contributed by atoms with van der Waals surface area (Å²) in [6, 6.07) is 0. The molecule has 6 nitrogen and oxygen atoms in total. The molecule has 67 heavy (non-hydrogen) atoms. The van der Waals surface area contributed by atoms with Crippen LogP contribution in [0.2, 0.25) is 0 Å². The molecule has 0 aliphatic rings. The number of allylic oxidation sites excluding steroid dienone is 30. The summed E-state index contributed by atoms with van der Waals surface area (Å²) in [6.45, 7) is 6.44. The van der Waals surface area contributed by atoms with Gasteiger partial charge >= 0.3 is 17.9 Å². The molecule has 0 aliphatic heterocycles. The maximum atomic E-state index is 10.3. The lowest BCUT2D eigenvalue weighted by Crippen LogP contribution is -1.93. The Hall–Kier alpha value is -5.49. The minimum absolute atomic E-state index is 0.213. The highest BCUT2D eigenvalue weighted by molar-refractivity contribution is 5.67. The first-order valence-electron chi connectivity index (χ1n) is 25.2. The summed E-state index contributed by atoms with van der Waals surface area (Å²) >= 11 is 0. The monoisotopic (exact) mass is 921 g/mol. The molecule has 0 atom stereocenters. The number of aliphatic carboxylic acids is 3. The Morgan fingerprint density at radius 3 is 0.701 bits per heavy atom. The number of unbranched alkanes of at least 4 members (excludes halogenated alkanes) is 4. The summed E-state index contributed by atoms with van der Waals surface area (Å²) in [5, 5.41) is 25.5. The molecule has 0 amide bonds. The SMILES string of the molecule is CC/C=C\C/C=C\C/C=C\C/C=C\C/C=C\CCC(=O)O.CC/C=C\C/C=C\C/C=C\C/C=C\C/C=C\CCCC(=O)O.CC/C=C\C/C=C\C/C=C\C/C=C\C/C=C\CCCCCC(=O)O. The van der Waals surface area contributed by atoms with Crippen molar-refractivity contribution in [1.82, 2.24) is 0 Å². The van der Waals surface area contributed by atoms with Crippen LogP contribution in [0.1, 0.15) is 181 Å². The van der Waals surface area contributed by atoms with E-state index in [1.165, 1.54) is 0 Å². The largest absolute Gasteiger partial charge is 0.481 e. The Kier molecular flexibility index (Phi) is 61.5. The van der Waals surface area contributed by atoms with Gasteiger partial charge in [0.05, 0.1) is 0 Å². The van der Waals surface area contributed by atoms with E-state index >= 15 is 0 Å². The molecule has 0 aromatic carbocycles. The van der Waals surface area contributed by atoms with Gasteiger partial charge < -0.3 is 15.3 Å². The van der Waals surface area contributed by atoms with Gasteiger partial charge in [0, 0.05) is 19.3 Å². The average Bonchev–Trinajstić information content (AvgIpc) is 3.30. The van der Waals surface area contributed by atoms with Crippen LogP contribution in [0, 0.1) is 0 Å². The van der Waals surface area contributed by atoms with Crippen molar-refractivity contribution in [1.29, 1.82) is 0 Å². The molecule has 0 radical (unpaired) electrons. The number of carbonyl (C=O) groups is 3. The molecule has 372 valence electrons. The molecule has 0 aromatic rings. The molecular formula is C61H92O6. The zero-order valence-corrected chi connectivity index (χ0v) is 42.1. The van der Waals surface area contributed by atoms with E-state index in [-0.39, 0.29) is 12.8 Å². The van der Waals surface area contributed by atoms with Crippen LogP contribution in [0.15, 0.2) is 182 Å². The van der Waals surface area contributed by atoms with Crippen molar-refractivity contribution in [3.8, 4) is 0 Å². The normalized spacial score (nSPS) is 12.8. The first-order valence-corrected chi connectivity index (χ1v) is 25.2. The van der Waals surface area contributed by atoms with Crippen molar-refractivity contribution < 1.29 is 29.7 Å². The van der Waals surface area contributed by atoms with Crippen LogP contribution in [0.3, 0.4) is 0 Å². The lowest BCUT2D eigenvalue weighted by molar-refractivity contribution is -0.138. The minimum atomic E-state index is -0.740. The van der Waals surface area contributed by atoms with Crippen LogP contribution < -0.4 is 0 Å². The summed E-state index contributed by atoms with van der Waals surface area (Å²) in [7, 11) is 0. The first-order chi connectivity index (χ1) is 32.8. The van der Waals surface area contributed by atoms with Crippen LogP contribution in [-0.4, -0.2) is 33.2 Å². The van der Waals surface area contributed by atoms with Gasteiger partial charge in [0.25, 0.3) is 0 Å². The lowest BCUT2D eigenvalue weighted by Gasteiger charge is -1.94. The molecule has 0 unspecified atom stereocenters. The van der Waals surface area contributed by atoms with Gasteiger partial charge in [0.1, 0.15) is 0 Å². The van der Waals surface area contributed by atoms with Crippen LogP contribution >= 0.6 is 0 Å². The minimum Gasteiger partial charge on any atom is -0.481 e. The Morgan fingerprint density at radius 2 is 0.448 bits per heavy atom. The Morgan fingerprint density at radius 1 is 0.239 bits per heavy atom. The van der Waals surface area contributed by atoms with Crippen LogP contribution in [0.5, 0.6) is 0 Å². The molecule has 0 spiro atoms. The number of carboxylic acid groups (broad SMARTS) is 3. The first kappa shape index (κ1) is 65.8. The van der Waals surface area contributed by atoms with Crippen LogP contribution in [0.25, 0.3) is 0 Å². The third-order valence-corrected chi connectivity index (χ3v) is 9.02. The van der Waals surface area contributed by atoms with Crippen LogP contribution in [-0.2, 0) is 14.4 Å². The molecule has 0 aliphatic carbocycles. The molecular weight excluding hydrogens is 829 g/mol. The second-order valence-corrected chi connectivity index (χ2v) is 15.3. The zero-order chi connectivity index (χ0) is 49.6. The molecule has 0 rings (SSSR count). The van der Waals surface area contributed by atoms with Crippen molar-refractivity contribution in [2.75, 3.05) is 0 Å². The standard InChI is InChI=1S/C22H34O2.C20H30O2.C19H28O2/c1-2-3-4-5-6-7-8-9-10-11-12-13-14-15-16-17-18-19-20-21-22(23)24;1-2-3-4-5-6-7-8-9-10-11-12-13-14-15-16-17-18-19-20(21)22;1-2-3-4-5-6-7-8-9-10-11-12-13-14-15-16-17-18-19(20)21/h3-4,6-7,9-10,12-13,15-16H,2,5,8,11,14,17-21H2,1H3,(H,23,24);3-4,6-7,9-10,12-13,15-16H,2,5,8,11,14,17-19H2,1H3,(H,21,22);3-4,6-7,9-10,12-13,15-16H,2,5,8,11,14,17-18H2,1H3,(H,20,21)/b3*4-3-,7-6-,10-9-,13-12-,16-15-. The Balaban J connectivity index is -0.000000919. The Labute approximate surface area is 409 Å². The Bertz CT molecular complexity index is 1580. The highest BCUT2D eigenvalue weighted by Gasteiger charge is 1.95. The fourth-order valence-electron chi connectivity index (χ4n) is 5.40. The highest BCUT2D eigenvalue weighted by atomic mass is 16.4. The summed E-state index contributed by atoms with van der Waals surface area (Å²) in [5.74, 6) is -2.15. The second-order valence-electron chi connectivity index (χ2n) is 15.3. The van der Waals surface area contributed by atoms with Crippen molar-refractivity contribution in [2.24, 2.45) is 0 Å². The van der Waals surface area contributed by atoms with E-state index in [0.717, 1.165) is 135 Å². The van der Waals surface area contributed by atoms with Gasteiger partial charge in [-0.3, -0.25) is 14.4 Å². The second kappa shape index (κ2) is 62.6. The van der Waals surface area contributed by atoms with Gasteiger partial charge in [-0.1, -0.05) is 209 Å². The molecule has 0 fully saturated rings. The fraction of sp³-hybridized carbons (Fsp3) is 0.459. The fourth-order valence-corrected chi connectivity index (χ4v) is 5.40. The van der Waals surface area contributed by atoms with E-state index in [1.54, 1.807) is 0 Å². The quantitative estimate of drug-likeness (QED) is 0.0417. The van der Waals surface area contributed by atoms with Gasteiger partial charge in [0.15, 0.2) is 0 Å². The van der Waals surface area contributed by atoms with E-state index in [0.29, 0.717) is 12.8 Å². The topological polar surface area (TPSA) is 112 Å². The molecule has 3 N–H and O–H groups in total. The maximum absolute atomic E-state index is 10.3. The third-order valence-electron chi connectivity index (χ3n) is 9.02. The predicted octanol–water partition coefficient (Wildman–Crippen LogP) is 18.4. The zero-order valence-electron chi connectivity index (χ0n) is 42.1. The average molecular weight is 921 g/mol. The molecule has 0 saturated heterocycles. The molecule has 0 bridgehead atoms. The van der Waals surface area contributed by atoms with Gasteiger partial charge in [-0.15, -0.1) is 0 Å².